The fourth-order valence-corrected chi connectivity index (χ4v) is 4.60. The number of guanidine groups is 1. The van der Waals surface area contributed by atoms with Gasteiger partial charge in [-0.15, -0.1) is 0 Å². The van der Waals surface area contributed by atoms with Crippen LogP contribution in [0.2, 0.25) is 0 Å². The number of nitrogens with zero attached hydrogens (tertiary/aromatic N) is 2. The standard InChI is InChI=1S/C18H27FN4O3S/c1-3-20-18(23(2)12-14-5-4-6-15(19)11-14)21-9-7-17(24)22-16-8-10-27(25,26)13-16/h4-6,11,16H,3,7-10,12-13H2,1-2H3,(H,20,21)(H,22,24). The second kappa shape index (κ2) is 9.68. The van der Waals surface area contributed by atoms with Crippen molar-refractivity contribution in [3.8, 4) is 0 Å². The van der Waals surface area contributed by atoms with Gasteiger partial charge in [-0.25, -0.2) is 12.8 Å². The van der Waals surface area contributed by atoms with Crippen molar-refractivity contribution in [3.05, 3.63) is 35.6 Å². The maximum atomic E-state index is 13.3. The third kappa shape index (κ3) is 7.16. The maximum Gasteiger partial charge on any atom is 0.222 e. The van der Waals surface area contributed by atoms with E-state index >= 15 is 0 Å². The number of benzene rings is 1. The summed E-state index contributed by atoms with van der Waals surface area (Å²) in [5, 5.41) is 5.90. The predicted octanol–water partition coefficient (Wildman–Crippen LogP) is 0.916. The van der Waals surface area contributed by atoms with E-state index < -0.39 is 9.84 Å². The minimum Gasteiger partial charge on any atom is -0.357 e. The molecule has 0 saturated carbocycles. The highest BCUT2D eigenvalue weighted by Crippen LogP contribution is 2.11. The van der Waals surface area contributed by atoms with Crippen LogP contribution >= 0.6 is 0 Å². The van der Waals surface area contributed by atoms with Crippen molar-refractivity contribution in [2.75, 3.05) is 31.6 Å². The van der Waals surface area contributed by atoms with Crippen molar-refractivity contribution in [2.24, 2.45) is 4.99 Å². The number of amides is 1. The molecule has 0 aromatic heterocycles. The molecule has 1 atom stereocenters. The average Bonchev–Trinajstić information content (AvgIpc) is 2.92. The molecule has 0 radical (unpaired) electrons. The third-order valence-electron chi connectivity index (χ3n) is 4.20. The molecule has 0 bridgehead atoms. The molecule has 0 aliphatic carbocycles. The molecule has 1 aliphatic rings. The second-order valence-electron chi connectivity index (χ2n) is 6.64. The zero-order valence-corrected chi connectivity index (χ0v) is 16.6. The van der Waals surface area contributed by atoms with E-state index in [0.717, 1.165) is 5.56 Å². The summed E-state index contributed by atoms with van der Waals surface area (Å²) in [7, 11) is -1.17. The van der Waals surface area contributed by atoms with E-state index in [-0.39, 0.29) is 42.2 Å². The lowest BCUT2D eigenvalue weighted by Crippen LogP contribution is -2.39. The zero-order valence-electron chi connectivity index (χ0n) is 15.7. The first-order chi connectivity index (χ1) is 12.8. The molecule has 2 N–H and O–H groups in total. The number of halogens is 1. The van der Waals surface area contributed by atoms with Crippen molar-refractivity contribution >= 4 is 21.7 Å². The molecule has 1 fully saturated rings. The van der Waals surface area contributed by atoms with Crippen LogP contribution in [0.5, 0.6) is 0 Å². The molecule has 27 heavy (non-hydrogen) atoms. The van der Waals surface area contributed by atoms with E-state index in [9.17, 15) is 17.6 Å². The fourth-order valence-electron chi connectivity index (χ4n) is 2.93. The molecule has 9 heteroatoms. The molecule has 0 spiro atoms. The number of hydrogen-bond acceptors (Lipinski definition) is 4. The topological polar surface area (TPSA) is 90.9 Å². The number of hydrogen-bond donors (Lipinski definition) is 2. The molecule has 7 nitrogen and oxygen atoms in total. The average molecular weight is 399 g/mol. The number of nitrogens with one attached hydrogen (secondary N) is 2. The largest absolute Gasteiger partial charge is 0.357 e. The molecular weight excluding hydrogens is 371 g/mol. The first-order valence-corrected chi connectivity index (χ1v) is 10.8. The summed E-state index contributed by atoms with van der Waals surface area (Å²) in [5.41, 5.74) is 0.822. The third-order valence-corrected chi connectivity index (χ3v) is 5.97. The monoisotopic (exact) mass is 398 g/mol. The van der Waals surface area contributed by atoms with Crippen molar-refractivity contribution in [1.82, 2.24) is 15.5 Å². The van der Waals surface area contributed by atoms with Crippen LogP contribution in [0.4, 0.5) is 4.39 Å². The van der Waals surface area contributed by atoms with Gasteiger partial charge in [-0.3, -0.25) is 9.79 Å². The first kappa shape index (κ1) is 21.1. The molecule has 1 heterocycles. The minimum absolute atomic E-state index is 0.0149. The van der Waals surface area contributed by atoms with Gasteiger partial charge in [0, 0.05) is 32.6 Å². The number of rotatable bonds is 7. The molecule has 1 saturated heterocycles. The quantitative estimate of drug-likeness (QED) is 0.526. The number of aliphatic imine (C=N–C) groups is 1. The lowest BCUT2D eigenvalue weighted by atomic mass is 10.2. The Balaban J connectivity index is 1.85. The van der Waals surface area contributed by atoms with Crippen LogP contribution in [0.1, 0.15) is 25.3 Å². The van der Waals surface area contributed by atoms with Crippen molar-refractivity contribution in [1.29, 1.82) is 0 Å². The highest BCUT2D eigenvalue weighted by molar-refractivity contribution is 7.91. The van der Waals surface area contributed by atoms with Crippen molar-refractivity contribution < 1.29 is 17.6 Å². The minimum atomic E-state index is -3.01. The van der Waals surface area contributed by atoms with Gasteiger partial charge in [-0.2, -0.15) is 0 Å². The van der Waals surface area contributed by atoms with E-state index in [1.165, 1.54) is 12.1 Å². The second-order valence-corrected chi connectivity index (χ2v) is 8.87. The number of carbonyl (C=O) groups is 1. The van der Waals surface area contributed by atoms with Crippen LogP contribution in [0.15, 0.2) is 29.3 Å². The normalized spacial score (nSPS) is 18.9. The molecule has 1 aromatic carbocycles. The van der Waals surface area contributed by atoms with Crippen molar-refractivity contribution in [2.45, 2.75) is 32.4 Å². The van der Waals surface area contributed by atoms with E-state index in [1.807, 2.05) is 24.9 Å². The summed E-state index contributed by atoms with van der Waals surface area (Å²) in [6.07, 6.45) is 0.648. The highest BCUT2D eigenvalue weighted by atomic mass is 32.2. The SMILES string of the molecule is CCNC(=NCCC(=O)NC1CCS(=O)(=O)C1)N(C)Cc1cccc(F)c1. The van der Waals surface area contributed by atoms with Gasteiger partial charge in [0.25, 0.3) is 0 Å². The van der Waals surface area contributed by atoms with Gasteiger partial charge in [-0.1, -0.05) is 12.1 Å². The van der Waals surface area contributed by atoms with E-state index in [4.69, 9.17) is 0 Å². The Hall–Kier alpha value is -2.16. The lowest BCUT2D eigenvalue weighted by molar-refractivity contribution is -0.121. The predicted molar refractivity (Wildman–Crippen MR) is 104 cm³/mol. The molecule has 150 valence electrons. The van der Waals surface area contributed by atoms with Gasteiger partial charge < -0.3 is 15.5 Å². The molecule has 1 unspecified atom stereocenters. The number of carbonyl (C=O) groups excluding carboxylic acids is 1. The number of sulfone groups is 1. The highest BCUT2D eigenvalue weighted by Gasteiger charge is 2.28. The Morgan fingerprint density at radius 1 is 1.41 bits per heavy atom. The summed E-state index contributed by atoms with van der Waals surface area (Å²) < 4.78 is 36.2. The van der Waals surface area contributed by atoms with Gasteiger partial charge in [0.15, 0.2) is 15.8 Å². The molecule has 1 amide bonds. The van der Waals surface area contributed by atoms with E-state index in [2.05, 4.69) is 15.6 Å². The van der Waals surface area contributed by atoms with E-state index in [1.54, 1.807) is 6.07 Å². The Morgan fingerprint density at radius 2 is 2.19 bits per heavy atom. The Labute approximate surface area is 160 Å². The van der Waals surface area contributed by atoms with Crippen LogP contribution in [0.3, 0.4) is 0 Å². The summed E-state index contributed by atoms with van der Waals surface area (Å²) in [6.45, 7) is 3.37. The fraction of sp³-hybridized carbons (Fsp3) is 0.556. The summed E-state index contributed by atoms with van der Waals surface area (Å²) in [5.74, 6) is 0.281. The van der Waals surface area contributed by atoms with E-state index in [0.29, 0.717) is 25.5 Å². The first-order valence-electron chi connectivity index (χ1n) is 9.02. The molecular formula is C18H27FN4O3S. The molecule has 1 aliphatic heterocycles. The summed E-state index contributed by atoms with van der Waals surface area (Å²) >= 11 is 0. The van der Waals surface area contributed by atoms with Crippen LogP contribution in [-0.2, 0) is 21.2 Å². The van der Waals surface area contributed by atoms with Gasteiger partial charge >= 0.3 is 0 Å². The summed E-state index contributed by atoms with van der Waals surface area (Å²) in [4.78, 5) is 18.3. The van der Waals surface area contributed by atoms with Crippen LogP contribution in [0, 0.1) is 5.82 Å². The summed E-state index contributed by atoms with van der Waals surface area (Å²) in [6, 6.07) is 6.08. The van der Waals surface area contributed by atoms with Gasteiger partial charge in [0.1, 0.15) is 5.82 Å². The van der Waals surface area contributed by atoms with Gasteiger partial charge in [0.05, 0.1) is 18.1 Å². The van der Waals surface area contributed by atoms with Crippen LogP contribution in [-0.4, -0.2) is 62.9 Å². The van der Waals surface area contributed by atoms with Gasteiger partial charge in [0.2, 0.25) is 5.91 Å². The Kier molecular flexibility index (Phi) is 7.58. The van der Waals surface area contributed by atoms with Crippen LogP contribution in [0.25, 0.3) is 0 Å². The molecule has 2 rings (SSSR count). The molecule has 1 aromatic rings. The maximum absolute atomic E-state index is 13.3. The Morgan fingerprint density at radius 3 is 2.81 bits per heavy atom. The lowest BCUT2D eigenvalue weighted by Gasteiger charge is -2.22. The zero-order chi connectivity index (χ0) is 19.9. The van der Waals surface area contributed by atoms with Gasteiger partial charge in [-0.05, 0) is 31.0 Å². The van der Waals surface area contributed by atoms with Crippen LogP contribution < -0.4 is 10.6 Å². The van der Waals surface area contributed by atoms with Crippen molar-refractivity contribution in [3.63, 3.8) is 0 Å². The smallest absolute Gasteiger partial charge is 0.222 e. The Bertz CT molecular complexity index is 783.